The topological polar surface area (TPSA) is 72.8 Å². The minimum absolute atomic E-state index is 0.0215. The van der Waals surface area contributed by atoms with Gasteiger partial charge in [0.1, 0.15) is 12.7 Å². The zero-order chi connectivity index (χ0) is 22.1. The predicted octanol–water partition coefficient (Wildman–Crippen LogP) is 4.40. The molecular weight excluding hydrogens is 448 g/mol. The largest absolute Gasteiger partial charge is 0.465 e. The standard InChI is InChI=1S/C24H35BrO5/c1-13(26)29-12-21(25)22(3)7-6-16-15(9-22)18(28)8-20-23(4)10-17(23)19(30-14(2)27)11-24(16,20)5/h6,15,17-21,28H,7-12H2,1-5H3/t15?,17-,18+,19+,20+,21?,22-,23-,24-/m1/s1. The number of rotatable bonds is 4. The van der Waals surface area contributed by atoms with E-state index >= 15 is 0 Å². The van der Waals surface area contributed by atoms with Crippen molar-refractivity contribution in [3.63, 3.8) is 0 Å². The third-order valence-corrected chi connectivity index (χ3v) is 10.3. The smallest absolute Gasteiger partial charge is 0.302 e. The van der Waals surface area contributed by atoms with Crippen LogP contribution in [0.15, 0.2) is 11.6 Å². The van der Waals surface area contributed by atoms with E-state index in [9.17, 15) is 14.7 Å². The summed E-state index contributed by atoms with van der Waals surface area (Å²) in [5, 5.41) is 11.2. The third-order valence-electron chi connectivity index (χ3n) is 8.97. The molecule has 6 heteroatoms. The lowest BCUT2D eigenvalue weighted by atomic mass is 9.48. The van der Waals surface area contributed by atoms with Gasteiger partial charge in [-0.25, -0.2) is 0 Å². The maximum atomic E-state index is 11.7. The molecule has 9 atom stereocenters. The Hall–Kier alpha value is -0.880. The van der Waals surface area contributed by atoms with Gasteiger partial charge in [-0.3, -0.25) is 9.59 Å². The van der Waals surface area contributed by atoms with Crippen molar-refractivity contribution >= 4 is 27.9 Å². The number of alkyl halides is 1. The summed E-state index contributed by atoms with van der Waals surface area (Å²) in [6.07, 6.45) is 6.46. The van der Waals surface area contributed by atoms with E-state index in [4.69, 9.17) is 9.47 Å². The summed E-state index contributed by atoms with van der Waals surface area (Å²) in [7, 11) is 0. The van der Waals surface area contributed by atoms with Crippen molar-refractivity contribution in [2.24, 2.45) is 34.0 Å². The molecule has 0 radical (unpaired) electrons. The van der Waals surface area contributed by atoms with Crippen LogP contribution in [0.3, 0.4) is 0 Å². The molecule has 0 saturated heterocycles. The molecule has 3 saturated carbocycles. The fraction of sp³-hybridized carbons (Fsp3) is 0.833. The lowest BCUT2D eigenvalue weighted by Gasteiger charge is -2.58. The molecule has 30 heavy (non-hydrogen) atoms. The van der Waals surface area contributed by atoms with Crippen LogP contribution in [0.4, 0.5) is 0 Å². The first-order chi connectivity index (χ1) is 13.9. The van der Waals surface area contributed by atoms with Gasteiger partial charge in [-0.15, -0.1) is 0 Å². The van der Waals surface area contributed by atoms with E-state index in [1.54, 1.807) is 0 Å². The first-order valence-corrected chi connectivity index (χ1v) is 12.2. The van der Waals surface area contributed by atoms with Crippen LogP contribution in [0.5, 0.6) is 0 Å². The van der Waals surface area contributed by atoms with E-state index in [1.807, 2.05) is 0 Å². The summed E-state index contributed by atoms with van der Waals surface area (Å²) in [5.41, 5.74) is 1.36. The number of aliphatic hydroxyl groups excluding tert-OH is 1. The number of allylic oxidation sites excluding steroid dienone is 1. The van der Waals surface area contributed by atoms with Crippen molar-refractivity contribution in [2.75, 3.05) is 6.61 Å². The Kier molecular flexibility index (Phi) is 5.45. The van der Waals surface area contributed by atoms with Crippen LogP contribution in [-0.4, -0.2) is 40.7 Å². The Morgan fingerprint density at radius 3 is 2.53 bits per heavy atom. The van der Waals surface area contributed by atoms with E-state index < -0.39 is 0 Å². The third kappa shape index (κ3) is 3.46. The van der Waals surface area contributed by atoms with Gasteiger partial charge in [0.15, 0.2) is 0 Å². The number of esters is 2. The number of aliphatic hydroxyl groups is 1. The van der Waals surface area contributed by atoms with Gasteiger partial charge >= 0.3 is 11.9 Å². The van der Waals surface area contributed by atoms with Crippen LogP contribution in [0.25, 0.3) is 0 Å². The molecule has 0 aromatic rings. The minimum Gasteiger partial charge on any atom is -0.465 e. The Balaban J connectivity index is 1.62. The van der Waals surface area contributed by atoms with Gasteiger partial charge in [0, 0.05) is 25.7 Å². The van der Waals surface area contributed by atoms with Gasteiger partial charge in [-0.05, 0) is 54.3 Å². The second kappa shape index (κ2) is 7.33. The molecule has 0 aromatic carbocycles. The molecule has 4 aliphatic rings. The number of hydrogen-bond donors (Lipinski definition) is 1. The molecule has 1 N–H and O–H groups in total. The molecule has 0 aliphatic heterocycles. The van der Waals surface area contributed by atoms with E-state index in [0.717, 1.165) is 32.1 Å². The molecule has 4 rings (SSSR count). The first-order valence-electron chi connectivity index (χ1n) is 11.2. The molecule has 0 amide bonds. The van der Waals surface area contributed by atoms with Crippen LogP contribution in [0, 0.1) is 34.0 Å². The van der Waals surface area contributed by atoms with Crippen molar-refractivity contribution in [3.8, 4) is 0 Å². The quantitative estimate of drug-likeness (QED) is 0.365. The van der Waals surface area contributed by atoms with Crippen molar-refractivity contribution in [3.05, 3.63) is 11.6 Å². The van der Waals surface area contributed by atoms with E-state index in [0.29, 0.717) is 18.4 Å². The molecule has 0 aromatic heterocycles. The summed E-state index contributed by atoms with van der Waals surface area (Å²) in [5.74, 6) is 0.479. The highest BCUT2D eigenvalue weighted by atomic mass is 79.9. The summed E-state index contributed by atoms with van der Waals surface area (Å²) < 4.78 is 11.0. The first kappa shape index (κ1) is 22.3. The number of fused-ring (bicyclic) bond motifs is 5. The van der Waals surface area contributed by atoms with Gasteiger partial charge in [0.25, 0.3) is 0 Å². The second-order valence-electron chi connectivity index (χ2n) is 11.0. The zero-order valence-corrected chi connectivity index (χ0v) is 20.3. The molecule has 5 nitrogen and oxygen atoms in total. The summed E-state index contributed by atoms with van der Waals surface area (Å²) in [4.78, 5) is 23.0. The lowest BCUT2D eigenvalue weighted by molar-refractivity contribution is -0.156. The highest BCUT2D eigenvalue weighted by molar-refractivity contribution is 9.09. The minimum atomic E-state index is -0.356. The molecular formula is C24H35BrO5. The SMILES string of the molecule is CC(=O)OCC(Br)[C@]1(C)CC=C2C(C1)[C@@H](O)C[C@H]1[C@]3(C)C[C@@H]3[C@@H](OC(C)=O)C[C@]21C. The molecule has 0 heterocycles. The summed E-state index contributed by atoms with van der Waals surface area (Å²) in [6.45, 7) is 10.2. The summed E-state index contributed by atoms with van der Waals surface area (Å²) in [6, 6.07) is 0. The summed E-state index contributed by atoms with van der Waals surface area (Å²) >= 11 is 3.76. The highest BCUT2D eigenvalue weighted by Gasteiger charge is 2.70. The normalized spacial score (nSPS) is 47.7. The maximum Gasteiger partial charge on any atom is 0.302 e. The van der Waals surface area contributed by atoms with Gasteiger partial charge in [-0.2, -0.15) is 0 Å². The number of ether oxygens (including phenoxy) is 2. The van der Waals surface area contributed by atoms with Crippen LogP contribution >= 0.6 is 15.9 Å². The van der Waals surface area contributed by atoms with E-state index in [1.165, 1.54) is 19.4 Å². The lowest BCUT2D eigenvalue weighted by Crippen LogP contribution is -2.55. The van der Waals surface area contributed by atoms with Gasteiger partial charge in [-0.1, -0.05) is 48.4 Å². The average Bonchev–Trinajstić information content (AvgIpc) is 3.34. The monoisotopic (exact) mass is 482 g/mol. The Morgan fingerprint density at radius 1 is 1.20 bits per heavy atom. The van der Waals surface area contributed by atoms with E-state index in [2.05, 4.69) is 42.8 Å². The van der Waals surface area contributed by atoms with E-state index in [-0.39, 0.29) is 51.1 Å². The van der Waals surface area contributed by atoms with Gasteiger partial charge < -0.3 is 14.6 Å². The van der Waals surface area contributed by atoms with Crippen molar-refractivity contribution < 1.29 is 24.2 Å². The molecule has 2 unspecified atom stereocenters. The number of halogens is 1. The fourth-order valence-electron chi connectivity index (χ4n) is 7.23. The molecule has 0 bridgehead atoms. The van der Waals surface area contributed by atoms with Crippen LogP contribution < -0.4 is 0 Å². The Bertz CT molecular complexity index is 780. The fourth-order valence-corrected chi connectivity index (χ4v) is 7.74. The molecule has 3 fully saturated rings. The van der Waals surface area contributed by atoms with Crippen molar-refractivity contribution in [1.29, 1.82) is 0 Å². The second-order valence-corrected chi connectivity index (χ2v) is 12.1. The van der Waals surface area contributed by atoms with Crippen molar-refractivity contribution in [1.82, 2.24) is 0 Å². The number of carbonyl (C=O) groups excluding carboxylic acids is 2. The predicted molar refractivity (Wildman–Crippen MR) is 117 cm³/mol. The van der Waals surface area contributed by atoms with Gasteiger partial charge in [0.05, 0.1) is 10.9 Å². The van der Waals surface area contributed by atoms with Crippen LogP contribution in [0.1, 0.15) is 66.7 Å². The maximum absolute atomic E-state index is 11.7. The van der Waals surface area contributed by atoms with Gasteiger partial charge in [0.2, 0.25) is 0 Å². The molecule has 4 aliphatic carbocycles. The zero-order valence-electron chi connectivity index (χ0n) is 18.7. The number of hydrogen-bond acceptors (Lipinski definition) is 5. The van der Waals surface area contributed by atoms with Crippen LogP contribution in [-0.2, 0) is 19.1 Å². The Morgan fingerprint density at radius 2 is 1.90 bits per heavy atom. The highest BCUT2D eigenvalue weighted by Crippen LogP contribution is 2.74. The van der Waals surface area contributed by atoms with Crippen molar-refractivity contribution in [2.45, 2.75) is 83.8 Å². The average molecular weight is 483 g/mol. The molecule has 0 spiro atoms. The number of carbonyl (C=O) groups is 2. The Labute approximate surface area is 188 Å². The van der Waals surface area contributed by atoms with Crippen LogP contribution in [0.2, 0.25) is 0 Å². The molecule has 168 valence electrons.